The van der Waals surface area contributed by atoms with Crippen LogP contribution in [0.5, 0.6) is 5.75 Å². The smallest absolute Gasteiger partial charge is 0.122 e. The number of aromatic nitrogens is 1. The second-order valence-corrected chi connectivity index (χ2v) is 5.26. The molecule has 2 aromatic rings. The standard InChI is InChI=1S/C16H19N3O/c1-11-6-7-18-9-14(11)16(19-17)13-8-12-4-2-3-5-15(12)20-10-13/h2-7,9,13,16,19H,8,10,17H2,1H3. The number of nitrogens with two attached hydrogens (primary N) is 1. The molecule has 1 aromatic heterocycles. The van der Waals surface area contributed by atoms with Gasteiger partial charge in [0.15, 0.2) is 0 Å². The van der Waals surface area contributed by atoms with E-state index in [1.54, 1.807) is 6.20 Å². The maximum absolute atomic E-state index is 5.86. The first kappa shape index (κ1) is 13.1. The monoisotopic (exact) mass is 269 g/mol. The lowest BCUT2D eigenvalue weighted by Crippen LogP contribution is -2.39. The Hall–Kier alpha value is -1.91. The minimum absolute atomic E-state index is 0.0528. The van der Waals surface area contributed by atoms with E-state index in [0.29, 0.717) is 12.5 Å². The van der Waals surface area contributed by atoms with Gasteiger partial charge in [0.25, 0.3) is 0 Å². The van der Waals surface area contributed by atoms with Gasteiger partial charge in [-0.3, -0.25) is 16.3 Å². The van der Waals surface area contributed by atoms with Crippen LogP contribution in [0.25, 0.3) is 0 Å². The Kier molecular flexibility index (Phi) is 3.67. The van der Waals surface area contributed by atoms with Crippen molar-refractivity contribution in [2.24, 2.45) is 11.8 Å². The molecule has 0 aliphatic carbocycles. The molecule has 1 aromatic carbocycles. The largest absolute Gasteiger partial charge is 0.493 e. The molecule has 3 N–H and O–H groups in total. The lowest BCUT2D eigenvalue weighted by molar-refractivity contribution is 0.184. The third kappa shape index (κ3) is 2.40. The van der Waals surface area contributed by atoms with Crippen LogP contribution in [0.4, 0.5) is 0 Å². The van der Waals surface area contributed by atoms with Crippen LogP contribution in [0, 0.1) is 12.8 Å². The number of hydrogen-bond donors (Lipinski definition) is 2. The number of nitrogens with one attached hydrogen (secondary N) is 1. The first-order valence-corrected chi connectivity index (χ1v) is 6.87. The number of hydrogen-bond acceptors (Lipinski definition) is 4. The zero-order chi connectivity index (χ0) is 13.9. The predicted molar refractivity (Wildman–Crippen MR) is 78.2 cm³/mol. The Morgan fingerprint density at radius 3 is 3.00 bits per heavy atom. The Bertz CT molecular complexity index is 600. The highest BCUT2D eigenvalue weighted by molar-refractivity contribution is 5.36. The molecular weight excluding hydrogens is 250 g/mol. The summed E-state index contributed by atoms with van der Waals surface area (Å²) in [5.41, 5.74) is 6.52. The predicted octanol–water partition coefficient (Wildman–Crippen LogP) is 2.15. The second kappa shape index (κ2) is 5.61. The molecule has 2 atom stereocenters. The molecule has 0 bridgehead atoms. The number of nitrogens with zero attached hydrogens (tertiary/aromatic N) is 1. The molecule has 0 fully saturated rings. The number of pyridine rings is 1. The molecule has 1 aliphatic heterocycles. The van der Waals surface area contributed by atoms with Gasteiger partial charge in [-0.1, -0.05) is 18.2 Å². The summed E-state index contributed by atoms with van der Waals surface area (Å²) in [6.45, 7) is 2.75. The van der Waals surface area contributed by atoms with E-state index in [4.69, 9.17) is 10.6 Å². The Morgan fingerprint density at radius 2 is 2.20 bits per heavy atom. The average Bonchev–Trinajstić information content (AvgIpc) is 2.50. The molecule has 20 heavy (non-hydrogen) atoms. The number of para-hydroxylation sites is 1. The Morgan fingerprint density at radius 1 is 1.35 bits per heavy atom. The molecule has 0 saturated carbocycles. The van der Waals surface area contributed by atoms with Gasteiger partial charge in [-0.2, -0.15) is 0 Å². The summed E-state index contributed by atoms with van der Waals surface area (Å²) in [5, 5.41) is 0. The van der Waals surface area contributed by atoms with E-state index in [2.05, 4.69) is 23.4 Å². The van der Waals surface area contributed by atoms with Crippen molar-refractivity contribution in [3.05, 3.63) is 59.4 Å². The van der Waals surface area contributed by atoms with E-state index < -0.39 is 0 Å². The number of aryl methyl sites for hydroxylation is 1. The van der Waals surface area contributed by atoms with E-state index in [9.17, 15) is 0 Å². The summed E-state index contributed by atoms with van der Waals surface area (Å²) in [5.74, 6) is 7.08. The number of benzene rings is 1. The highest BCUT2D eigenvalue weighted by atomic mass is 16.5. The van der Waals surface area contributed by atoms with E-state index >= 15 is 0 Å². The molecule has 1 aliphatic rings. The fraction of sp³-hybridized carbons (Fsp3) is 0.312. The van der Waals surface area contributed by atoms with Gasteiger partial charge in [-0.15, -0.1) is 0 Å². The molecule has 0 spiro atoms. The van der Waals surface area contributed by atoms with Crippen LogP contribution >= 0.6 is 0 Å². The van der Waals surface area contributed by atoms with Crippen LogP contribution in [0.2, 0.25) is 0 Å². The summed E-state index contributed by atoms with van der Waals surface area (Å²) in [6, 6.07) is 10.2. The van der Waals surface area contributed by atoms with Gasteiger partial charge in [0.2, 0.25) is 0 Å². The molecule has 0 saturated heterocycles. The van der Waals surface area contributed by atoms with Crippen molar-refractivity contribution in [1.82, 2.24) is 10.4 Å². The topological polar surface area (TPSA) is 60.2 Å². The van der Waals surface area contributed by atoms with Crippen LogP contribution in [0.3, 0.4) is 0 Å². The van der Waals surface area contributed by atoms with Crippen molar-refractivity contribution < 1.29 is 4.74 Å². The zero-order valence-corrected chi connectivity index (χ0v) is 11.5. The van der Waals surface area contributed by atoms with Crippen molar-refractivity contribution in [1.29, 1.82) is 0 Å². The highest BCUT2D eigenvalue weighted by Crippen LogP contribution is 2.33. The summed E-state index contributed by atoms with van der Waals surface area (Å²) in [7, 11) is 0. The first-order chi connectivity index (χ1) is 9.79. The third-order valence-electron chi connectivity index (χ3n) is 3.97. The van der Waals surface area contributed by atoms with E-state index in [1.165, 1.54) is 11.1 Å². The quantitative estimate of drug-likeness (QED) is 0.662. The number of hydrazine groups is 1. The van der Waals surface area contributed by atoms with Crippen molar-refractivity contribution in [3.8, 4) is 5.75 Å². The molecule has 0 radical (unpaired) electrons. The minimum atomic E-state index is 0.0528. The second-order valence-electron chi connectivity index (χ2n) is 5.26. The van der Waals surface area contributed by atoms with Crippen molar-refractivity contribution in [2.45, 2.75) is 19.4 Å². The molecule has 4 heteroatoms. The van der Waals surface area contributed by atoms with Crippen molar-refractivity contribution in [2.75, 3.05) is 6.61 Å². The molecular formula is C16H19N3O. The Labute approximate surface area is 119 Å². The molecule has 4 nitrogen and oxygen atoms in total. The molecule has 0 amide bonds. The zero-order valence-electron chi connectivity index (χ0n) is 11.5. The van der Waals surface area contributed by atoms with Gasteiger partial charge in [0.05, 0.1) is 12.6 Å². The third-order valence-corrected chi connectivity index (χ3v) is 3.97. The number of fused-ring (bicyclic) bond motifs is 1. The molecule has 2 heterocycles. The normalized spacial score (nSPS) is 19.0. The average molecular weight is 269 g/mol. The summed E-state index contributed by atoms with van der Waals surface area (Å²) in [4.78, 5) is 4.22. The van der Waals surface area contributed by atoms with Gasteiger partial charge in [0.1, 0.15) is 5.75 Å². The fourth-order valence-corrected chi connectivity index (χ4v) is 2.85. The Balaban J connectivity index is 1.87. The molecule has 2 unspecified atom stereocenters. The molecule has 3 rings (SSSR count). The maximum atomic E-state index is 5.86. The van der Waals surface area contributed by atoms with E-state index in [-0.39, 0.29) is 6.04 Å². The fourth-order valence-electron chi connectivity index (χ4n) is 2.85. The minimum Gasteiger partial charge on any atom is -0.493 e. The van der Waals surface area contributed by atoms with Gasteiger partial charge in [-0.25, -0.2) is 0 Å². The maximum Gasteiger partial charge on any atom is 0.122 e. The van der Waals surface area contributed by atoms with Crippen LogP contribution in [-0.2, 0) is 6.42 Å². The van der Waals surface area contributed by atoms with Crippen LogP contribution < -0.4 is 16.0 Å². The van der Waals surface area contributed by atoms with E-state index in [1.807, 2.05) is 30.5 Å². The van der Waals surface area contributed by atoms with Crippen molar-refractivity contribution in [3.63, 3.8) is 0 Å². The van der Waals surface area contributed by atoms with Crippen LogP contribution in [-0.4, -0.2) is 11.6 Å². The van der Waals surface area contributed by atoms with Gasteiger partial charge in [-0.05, 0) is 42.2 Å². The lowest BCUT2D eigenvalue weighted by Gasteiger charge is -2.32. The lowest BCUT2D eigenvalue weighted by atomic mass is 9.86. The summed E-state index contributed by atoms with van der Waals surface area (Å²) >= 11 is 0. The SMILES string of the molecule is Cc1ccncc1C(NN)C1COc2ccccc2C1. The summed E-state index contributed by atoms with van der Waals surface area (Å²) < 4.78 is 5.86. The summed E-state index contributed by atoms with van der Waals surface area (Å²) in [6.07, 6.45) is 4.65. The van der Waals surface area contributed by atoms with E-state index in [0.717, 1.165) is 17.7 Å². The number of ether oxygens (including phenoxy) is 1. The number of rotatable bonds is 3. The highest BCUT2D eigenvalue weighted by Gasteiger charge is 2.28. The van der Waals surface area contributed by atoms with Gasteiger partial charge in [0, 0.05) is 18.3 Å². The van der Waals surface area contributed by atoms with Crippen LogP contribution in [0.15, 0.2) is 42.7 Å². The first-order valence-electron chi connectivity index (χ1n) is 6.87. The van der Waals surface area contributed by atoms with Crippen molar-refractivity contribution >= 4 is 0 Å². The van der Waals surface area contributed by atoms with Gasteiger partial charge >= 0.3 is 0 Å². The van der Waals surface area contributed by atoms with Crippen LogP contribution in [0.1, 0.15) is 22.7 Å². The van der Waals surface area contributed by atoms with Gasteiger partial charge < -0.3 is 4.74 Å². The molecule has 104 valence electrons.